The fourth-order valence-electron chi connectivity index (χ4n) is 0.834. The first-order valence-corrected chi connectivity index (χ1v) is 3.38. The van der Waals surface area contributed by atoms with Crippen LogP contribution in [0.15, 0.2) is 14.4 Å². The van der Waals surface area contributed by atoms with Crippen LogP contribution in [0, 0.1) is 0 Å². The molecule has 1 aromatic heterocycles. The molecule has 0 radical (unpaired) electrons. The molecular weight excluding hydrogens is 182 g/mol. The van der Waals surface area contributed by atoms with Crippen molar-refractivity contribution in [1.82, 2.24) is 14.0 Å². The van der Waals surface area contributed by atoms with Crippen molar-refractivity contribution < 1.29 is 10.4 Å². The van der Waals surface area contributed by atoms with E-state index in [0.29, 0.717) is 4.57 Å². The SMILES string of the molecule is CCn1c(=O)n(O)c(=O)n(O)c1=O. The van der Waals surface area contributed by atoms with Crippen molar-refractivity contribution in [3.63, 3.8) is 0 Å². The lowest BCUT2D eigenvalue weighted by atomic mass is 10.7. The van der Waals surface area contributed by atoms with Crippen LogP contribution < -0.4 is 17.1 Å². The molecule has 0 saturated heterocycles. The lowest BCUT2D eigenvalue weighted by molar-refractivity contribution is 0.0791. The lowest BCUT2D eigenvalue weighted by Gasteiger charge is -2.02. The van der Waals surface area contributed by atoms with Crippen molar-refractivity contribution in [2.24, 2.45) is 0 Å². The summed E-state index contributed by atoms with van der Waals surface area (Å²) < 4.78 is -0.183. The molecule has 0 aliphatic carbocycles. The molecule has 1 aromatic rings. The Balaban J connectivity index is 3.89. The molecular formula is C5H7N3O5. The van der Waals surface area contributed by atoms with Gasteiger partial charge >= 0.3 is 17.1 Å². The summed E-state index contributed by atoms with van der Waals surface area (Å²) in [5.41, 5.74) is -3.84. The van der Waals surface area contributed by atoms with Crippen LogP contribution in [0.3, 0.4) is 0 Å². The quantitative estimate of drug-likeness (QED) is 0.482. The average molecular weight is 189 g/mol. The van der Waals surface area contributed by atoms with Crippen molar-refractivity contribution >= 4 is 0 Å². The van der Waals surface area contributed by atoms with E-state index in [-0.39, 0.29) is 16.0 Å². The molecule has 1 heterocycles. The maximum atomic E-state index is 10.9. The first-order valence-electron chi connectivity index (χ1n) is 3.38. The fraction of sp³-hybridized carbons (Fsp3) is 0.400. The van der Waals surface area contributed by atoms with Gasteiger partial charge in [0.15, 0.2) is 0 Å². The first kappa shape index (κ1) is 9.10. The average Bonchev–Trinajstić information content (AvgIpc) is 2.13. The third kappa shape index (κ3) is 1.11. The number of nitrogens with zero attached hydrogens (tertiary/aromatic N) is 3. The van der Waals surface area contributed by atoms with Crippen LogP contribution in [-0.4, -0.2) is 24.4 Å². The summed E-state index contributed by atoms with van der Waals surface area (Å²) in [6, 6.07) is 0. The second-order valence-electron chi connectivity index (χ2n) is 2.22. The molecule has 8 nitrogen and oxygen atoms in total. The molecule has 0 saturated carbocycles. The molecule has 0 aromatic carbocycles. The molecule has 0 bridgehead atoms. The van der Waals surface area contributed by atoms with Crippen LogP contribution in [-0.2, 0) is 6.54 Å². The zero-order valence-corrected chi connectivity index (χ0v) is 6.67. The lowest BCUT2D eigenvalue weighted by Crippen LogP contribution is -2.53. The molecule has 1 rings (SSSR count). The van der Waals surface area contributed by atoms with Gasteiger partial charge in [0.25, 0.3) is 0 Å². The smallest absolute Gasteiger partial charge is 0.403 e. The summed E-state index contributed by atoms with van der Waals surface area (Å²) in [6.07, 6.45) is 0. The van der Waals surface area contributed by atoms with Gasteiger partial charge < -0.3 is 10.4 Å². The van der Waals surface area contributed by atoms with Gasteiger partial charge in [0.1, 0.15) is 0 Å². The Hall–Kier alpha value is -1.99. The van der Waals surface area contributed by atoms with E-state index in [2.05, 4.69) is 0 Å². The molecule has 0 spiro atoms. The highest BCUT2D eigenvalue weighted by Crippen LogP contribution is 1.66. The Morgan fingerprint density at radius 3 is 1.69 bits per heavy atom. The minimum atomic E-state index is -1.49. The van der Waals surface area contributed by atoms with Gasteiger partial charge in [0, 0.05) is 6.54 Å². The molecule has 0 aliphatic heterocycles. The predicted octanol–water partition coefficient (Wildman–Crippen LogP) is -2.33. The molecule has 13 heavy (non-hydrogen) atoms. The summed E-state index contributed by atoms with van der Waals surface area (Å²) in [5.74, 6) is 0. The van der Waals surface area contributed by atoms with Gasteiger partial charge in [-0.3, -0.25) is 0 Å². The second-order valence-corrected chi connectivity index (χ2v) is 2.22. The number of aromatic nitrogens is 3. The Morgan fingerprint density at radius 2 is 1.38 bits per heavy atom. The standard InChI is InChI=1S/C5H7N3O5/c1-2-6-3(9)7(12)5(11)8(13)4(6)10/h12-13H,2H2,1H3. The van der Waals surface area contributed by atoms with E-state index in [9.17, 15) is 14.4 Å². The van der Waals surface area contributed by atoms with Gasteiger partial charge in [0.2, 0.25) is 0 Å². The third-order valence-corrected chi connectivity index (χ3v) is 1.50. The van der Waals surface area contributed by atoms with E-state index in [0.717, 1.165) is 0 Å². The number of hydrogen-bond acceptors (Lipinski definition) is 5. The van der Waals surface area contributed by atoms with Gasteiger partial charge in [-0.15, -0.1) is 0 Å². The van der Waals surface area contributed by atoms with Crippen LogP contribution in [0.5, 0.6) is 0 Å². The van der Waals surface area contributed by atoms with E-state index in [1.165, 1.54) is 6.92 Å². The first-order chi connectivity index (χ1) is 6.00. The van der Waals surface area contributed by atoms with Gasteiger partial charge in [-0.2, -0.15) is 0 Å². The molecule has 0 amide bonds. The summed E-state index contributed by atoms with van der Waals surface area (Å²) in [4.78, 5) is 32.6. The minimum Gasteiger partial charge on any atom is -0.420 e. The van der Waals surface area contributed by atoms with Crippen LogP contribution in [0.1, 0.15) is 6.92 Å². The van der Waals surface area contributed by atoms with Crippen molar-refractivity contribution in [1.29, 1.82) is 0 Å². The zero-order chi connectivity index (χ0) is 10.2. The van der Waals surface area contributed by atoms with Crippen molar-refractivity contribution in [3.05, 3.63) is 31.5 Å². The highest BCUT2D eigenvalue weighted by Gasteiger charge is 2.11. The number of rotatable bonds is 1. The normalized spacial score (nSPS) is 10.2. The molecule has 0 aliphatic rings. The Labute approximate surface area is 70.4 Å². The van der Waals surface area contributed by atoms with E-state index in [1.54, 1.807) is 0 Å². The van der Waals surface area contributed by atoms with Gasteiger partial charge in [-0.25, -0.2) is 19.0 Å². The Bertz CT molecular complexity index is 452. The molecule has 0 atom stereocenters. The van der Waals surface area contributed by atoms with E-state index in [1.807, 2.05) is 0 Å². The highest BCUT2D eigenvalue weighted by molar-refractivity contribution is 4.71. The summed E-state index contributed by atoms with van der Waals surface area (Å²) in [7, 11) is 0. The predicted molar refractivity (Wildman–Crippen MR) is 39.3 cm³/mol. The van der Waals surface area contributed by atoms with Crippen molar-refractivity contribution in [2.45, 2.75) is 13.5 Å². The maximum absolute atomic E-state index is 10.9. The van der Waals surface area contributed by atoms with Gasteiger partial charge in [0.05, 0.1) is 0 Å². The largest absolute Gasteiger partial charge is 0.420 e. The molecule has 72 valence electrons. The highest BCUT2D eigenvalue weighted by atomic mass is 16.5. The summed E-state index contributed by atoms with van der Waals surface area (Å²) >= 11 is 0. The van der Waals surface area contributed by atoms with E-state index < -0.39 is 17.1 Å². The maximum Gasteiger partial charge on any atom is 0.403 e. The summed E-state index contributed by atoms with van der Waals surface area (Å²) in [5, 5.41) is 17.5. The van der Waals surface area contributed by atoms with Crippen molar-refractivity contribution in [3.8, 4) is 0 Å². The molecule has 2 N–H and O–H groups in total. The van der Waals surface area contributed by atoms with Crippen molar-refractivity contribution in [2.75, 3.05) is 0 Å². The monoisotopic (exact) mass is 189 g/mol. The number of hydrogen-bond donors (Lipinski definition) is 2. The molecule has 0 unspecified atom stereocenters. The fourth-order valence-corrected chi connectivity index (χ4v) is 0.834. The summed E-state index contributed by atoms with van der Waals surface area (Å²) in [6.45, 7) is 1.40. The van der Waals surface area contributed by atoms with Crippen LogP contribution in [0.2, 0.25) is 0 Å². The molecule has 0 fully saturated rings. The van der Waals surface area contributed by atoms with E-state index in [4.69, 9.17) is 10.4 Å². The second kappa shape index (κ2) is 2.81. The Kier molecular flexibility index (Phi) is 1.97. The Morgan fingerprint density at radius 1 is 1.00 bits per heavy atom. The minimum absolute atomic E-state index is 0.0565. The van der Waals surface area contributed by atoms with Gasteiger partial charge in [-0.05, 0) is 6.92 Å². The van der Waals surface area contributed by atoms with E-state index >= 15 is 0 Å². The zero-order valence-electron chi connectivity index (χ0n) is 6.67. The van der Waals surface area contributed by atoms with Crippen LogP contribution in [0.4, 0.5) is 0 Å². The van der Waals surface area contributed by atoms with Crippen LogP contribution >= 0.6 is 0 Å². The van der Waals surface area contributed by atoms with Gasteiger partial charge in [-0.1, -0.05) is 9.46 Å². The molecule has 8 heteroatoms. The topological polar surface area (TPSA) is 106 Å². The van der Waals surface area contributed by atoms with Crippen LogP contribution in [0.25, 0.3) is 0 Å². The third-order valence-electron chi connectivity index (χ3n) is 1.50.